The van der Waals surface area contributed by atoms with Gasteiger partial charge in [0.1, 0.15) is 11.6 Å². The molecule has 0 radical (unpaired) electrons. The summed E-state index contributed by atoms with van der Waals surface area (Å²) in [5.41, 5.74) is 1.18. The van der Waals surface area contributed by atoms with E-state index in [2.05, 4.69) is 16.0 Å². The molecule has 0 spiro atoms. The molecule has 1 atom stereocenters. The van der Waals surface area contributed by atoms with Crippen molar-refractivity contribution >= 4 is 5.82 Å². The standard InChI is InChI=1S/C20H25N3O3/c1-25-17-4-2-3-15-11-14(13-26-20(15)17)12-18-21-8-5-19(22-18)23-9-6-16(24)7-10-23/h2-5,8,14,16,24H,6-7,9-13H2,1H3. The van der Waals surface area contributed by atoms with Crippen molar-refractivity contribution in [2.24, 2.45) is 5.92 Å². The van der Waals surface area contributed by atoms with Crippen LogP contribution in [0.5, 0.6) is 11.5 Å². The smallest absolute Gasteiger partial charge is 0.164 e. The Morgan fingerprint density at radius 1 is 1.27 bits per heavy atom. The van der Waals surface area contributed by atoms with Crippen LogP contribution in [0.1, 0.15) is 24.2 Å². The third-order valence-corrected chi connectivity index (χ3v) is 5.20. The van der Waals surface area contributed by atoms with Crippen LogP contribution in [-0.4, -0.2) is 48.0 Å². The number of nitrogens with zero attached hydrogens (tertiary/aromatic N) is 3. The first-order chi connectivity index (χ1) is 12.7. The highest BCUT2D eigenvalue weighted by atomic mass is 16.5. The monoisotopic (exact) mass is 355 g/mol. The number of ether oxygens (including phenoxy) is 2. The van der Waals surface area contributed by atoms with Crippen LogP contribution in [0.3, 0.4) is 0 Å². The van der Waals surface area contributed by atoms with Gasteiger partial charge in [0.15, 0.2) is 11.5 Å². The fraction of sp³-hybridized carbons (Fsp3) is 0.500. The third-order valence-electron chi connectivity index (χ3n) is 5.20. The molecule has 0 aliphatic carbocycles. The van der Waals surface area contributed by atoms with Gasteiger partial charge in [-0.2, -0.15) is 0 Å². The summed E-state index contributed by atoms with van der Waals surface area (Å²) in [6.45, 7) is 2.34. The van der Waals surface area contributed by atoms with Gasteiger partial charge in [-0.25, -0.2) is 9.97 Å². The summed E-state index contributed by atoms with van der Waals surface area (Å²) >= 11 is 0. The average Bonchev–Trinajstić information content (AvgIpc) is 2.68. The molecule has 3 heterocycles. The van der Waals surface area contributed by atoms with E-state index in [4.69, 9.17) is 14.5 Å². The molecule has 4 rings (SSSR count). The number of methoxy groups -OCH3 is 1. The third kappa shape index (κ3) is 3.60. The van der Waals surface area contributed by atoms with E-state index in [1.54, 1.807) is 7.11 Å². The fourth-order valence-corrected chi connectivity index (χ4v) is 3.76. The number of hydrogen-bond acceptors (Lipinski definition) is 6. The van der Waals surface area contributed by atoms with Crippen molar-refractivity contribution in [2.45, 2.75) is 31.8 Å². The van der Waals surface area contributed by atoms with Crippen LogP contribution < -0.4 is 14.4 Å². The van der Waals surface area contributed by atoms with Gasteiger partial charge in [0.05, 0.1) is 19.8 Å². The lowest BCUT2D eigenvalue weighted by atomic mass is 9.93. The molecule has 6 heteroatoms. The Labute approximate surface area is 153 Å². The summed E-state index contributed by atoms with van der Waals surface area (Å²) in [5, 5.41) is 9.68. The summed E-state index contributed by atoms with van der Waals surface area (Å²) < 4.78 is 11.4. The molecule has 1 fully saturated rings. The molecule has 2 aliphatic rings. The summed E-state index contributed by atoms with van der Waals surface area (Å²) in [6, 6.07) is 7.99. The first-order valence-electron chi connectivity index (χ1n) is 9.26. The van der Waals surface area contributed by atoms with Crippen LogP contribution in [0.25, 0.3) is 0 Å². The predicted octanol–water partition coefficient (Wildman–Crippen LogP) is 2.24. The normalized spacial score (nSPS) is 20.4. The summed E-state index contributed by atoms with van der Waals surface area (Å²) in [4.78, 5) is 11.5. The van der Waals surface area contributed by atoms with Crippen molar-refractivity contribution in [3.05, 3.63) is 41.9 Å². The molecule has 1 N–H and O–H groups in total. The average molecular weight is 355 g/mol. The first kappa shape index (κ1) is 17.1. The van der Waals surface area contributed by atoms with Crippen LogP contribution in [0, 0.1) is 5.92 Å². The molecule has 138 valence electrons. The number of aliphatic hydroxyl groups excluding tert-OH is 1. The molecule has 2 aliphatic heterocycles. The van der Waals surface area contributed by atoms with Crippen molar-refractivity contribution in [3.63, 3.8) is 0 Å². The lowest BCUT2D eigenvalue weighted by molar-refractivity contribution is 0.145. The second-order valence-corrected chi connectivity index (χ2v) is 7.08. The molecule has 1 unspecified atom stereocenters. The van der Waals surface area contributed by atoms with E-state index in [0.29, 0.717) is 12.5 Å². The van der Waals surface area contributed by atoms with E-state index in [1.165, 1.54) is 5.56 Å². The van der Waals surface area contributed by atoms with Crippen LogP contribution in [-0.2, 0) is 12.8 Å². The minimum atomic E-state index is -0.177. The quantitative estimate of drug-likeness (QED) is 0.907. The van der Waals surface area contributed by atoms with Crippen molar-refractivity contribution in [2.75, 3.05) is 31.7 Å². The number of fused-ring (bicyclic) bond motifs is 1. The van der Waals surface area contributed by atoms with Crippen molar-refractivity contribution in [1.29, 1.82) is 0 Å². The number of rotatable bonds is 4. The maximum atomic E-state index is 9.68. The van der Waals surface area contributed by atoms with Gasteiger partial charge in [-0.15, -0.1) is 0 Å². The summed E-state index contributed by atoms with van der Waals surface area (Å²) in [5.74, 6) is 3.83. The zero-order chi connectivity index (χ0) is 17.9. The predicted molar refractivity (Wildman–Crippen MR) is 98.9 cm³/mol. The Bertz CT molecular complexity index is 760. The van der Waals surface area contributed by atoms with Gasteiger partial charge in [-0.05, 0) is 37.0 Å². The number of para-hydroxylation sites is 1. The molecule has 0 bridgehead atoms. The second-order valence-electron chi connectivity index (χ2n) is 7.08. The van der Waals surface area contributed by atoms with Gasteiger partial charge >= 0.3 is 0 Å². The lowest BCUT2D eigenvalue weighted by Crippen LogP contribution is -2.36. The number of aromatic nitrogens is 2. The van der Waals surface area contributed by atoms with Crippen molar-refractivity contribution in [3.8, 4) is 11.5 Å². The van der Waals surface area contributed by atoms with E-state index >= 15 is 0 Å². The van der Waals surface area contributed by atoms with E-state index in [-0.39, 0.29) is 6.10 Å². The maximum absolute atomic E-state index is 9.68. The Balaban J connectivity index is 1.44. The van der Waals surface area contributed by atoms with Crippen LogP contribution in [0.2, 0.25) is 0 Å². The van der Waals surface area contributed by atoms with Crippen molar-refractivity contribution in [1.82, 2.24) is 9.97 Å². The van der Waals surface area contributed by atoms with Gasteiger partial charge in [-0.3, -0.25) is 0 Å². The zero-order valence-electron chi connectivity index (χ0n) is 15.1. The van der Waals surface area contributed by atoms with E-state index < -0.39 is 0 Å². The first-order valence-corrected chi connectivity index (χ1v) is 9.26. The highest BCUT2D eigenvalue weighted by Gasteiger charge is 2.24. The van der Waals surface area contributed by atoms with Gasteiger partial charge in [0, 0.05) is 31.6 Å². The molecule has 6 nitrogen and oxygen atoms in total. The van der Waals surface area contributed by atoms with E-state index in [1.807, 2.05) is 24.4 Å². The van der Waals surface area contributed by atoms with Gasteiger partial charge < -0.3 is 19.5 Å². The number of hydrogen-bond donors (Lipinski definition) is 1. The maximum Gasteiger partial charge on any atom is 0.164 e. The molecule has 2 aromatic rings. The Kier molecular flexibility index (Phi) is 4.93. The SMILES string of the molecule is COc1cccc2c1OCC(Cc1nccc(N3CCC(O)CC3)n1)C2. The molecular weight excluding hydrogens is 330 g/mol. The molecule has 1 aromatic carbocycles. The largest absolute Gasteiger partial charge is 0.493 e. The Morgan fingerprint density at radius 2 is 2.12 bits per heavy atom. The molecule has 0 amide bonds. The highest BCUT2D eigenvalue weighted by Crippen LogP contribution is 2.36. The van der Waals surface area contributed by atoms with E-state index in [0.717, 1.165) is 61.9 Å². The molecule has 1 saturated heterocycles. The molecule has 1 aromatic heterocycles. The van der Waals surface area contributed by atoms with Crippen LogP contribution >= 0.6 is 0 Å². The van der Waals surface area contributed by atoms with Gasteiger partial charge in [0.25, 0.3) is 0 Å². The number of benzene rings is 1. The second kappa shape index (κ2) is 7.50. The Hall–Kier alpha value is -2.34. The zero-order valence-corrected chi connectivity index (χ0v) is 15.1. The van der Waals surface area contributed by atoms with E-state index in [9.17, 15) is 5.11 Å². The number of piperidine rings is 1. The minimum Gasteiger partial charge on any atom is -0.493 e. The summed E-state index contributed by atoms with van der Waals surface area (Å²) in [7, 11) is 1.67. The molecule has 0 saturated carbocycles. The lowest BCUT2D eigenvalue weighted by Gasteiger charge is -2.30. The van der Waals surface area contributed by atoms with Crippen LogP contribution in [0.15, 0.2) is 30.5 Å². The number of anilines is 1. The van der Waals surface area contributed by atoms with Crippen molar-refractivity contribution < 1.29 is 14.6 Å². The molecular formula is C20H25N3O3. The molecule has 26 heavy (non-hydrogen) atoms. The number of aliphatic hydroxyl groups is 1. The Morgan fingerprint density at radius 3 is 2.92 bits per heavy atom. The van der Waals surface area contributed by atoms with Gasteiger partial charge in [-0.1, -0.05) is 12.1 Å². The van der Waals surface area contributed by atoms with Crippen LogP contribution in [0.4, 0.5) is 5.82 Å². The topological polar surface area (TPSA) is 67.7 Å². The minimum absolute atomic E-state index is 0.177. The van der Waals surface area contributed by atoms with Gasteiger partial charge in [0.2, 0.25) is 0 Å². The fourth-order valence-electron chi connectivity index (χ4n) is 3.76. The highest BCUT2D eigenvalue weighted by molar-refractivity contribution is 5.47. The summed E-state index contributed by atoms with van der Waals surface area (Å²) in [6.07, 6.45) is 4.99.